The van der Waals surface area contributed by atoms with Crippen molar-refractivity contribution in [3.63, 3.8) is 0 Å². The van der Waals surface area contributed by atoms with E-state index in [0.717, 1.165) is 44.6 Å². The van der Waals surface area contributed by atoms with E-state index in [0.29, 0.717) is 23.9 Å². The molecule has 2 heterocycles. The molecule has 1 aromatic rings. The number of piperidine rings is 1. The Balaban J connectivity index is 1.58. The molecule has 2 aliphatic heterocycles. The smallest absolute Gasteiger partial charge is 0.239 e. The van der Waals surface area contributed by atoms with Gasteiger partial charge in [-0.05, 0) is 63.4 Å². The second-order valence-corrected chi connectivity index (χ2v) is 7.41. The largest absolute Gasteiger partial charge is 0.342 e. The van der Waals surface area contributed by atoms with Gasteiger partial charge < -0.3 is 15.1 Å². The monoisotopic (exact) mass is 363 g/mol. The lowest BCUT2D eigenvalue weighted by atomic mass is 9.92. The summed E-state index contributed by atoms with van der Waals surface area (Å²) in [4.78, 5) is 29.1. The van der Waals surface area contributed by atoms with Gasteiger partial charge in [-0.2, -0.15) is 0 Å². The molecule has 2 aliphatic rings. The zero-order chi connectivity index (χ0) is 17.8. The summed E-state index contributed by atoms with van der Waals surface area (Å²) >= 11 is 6.02. The number of hydrogen-bond donors (Lipinski definition) is 1. The maximum absolute atomic E-state index is 12.8. The number of nitrogens with zero attached hydrogens (tertiary/aromatic N) is 2. The van der Waals surface area contributed by atoms with Crippen molar-refractivity contribution in [1.29, 1.82) is 0 Å². The number of likely N-dealkylation sites (tertiary alicyclic amines) is 1. The van der Waals surface area contributed by atoms with E-state index in [1.165, 1.54) is 0 Å². The highest BCUT2D eigenvalue weighted by molar-refractivity contribution is 6.31. The van der Waals surface area contributed by atoms with E-state index in [4.69, 9.17) is 11.6 Å². The highest BCUT2D eigenvalue weighted by atomic mass is 35.5. The lowest BCUT2D eigenvalue weighted by molar-refractivity contribution is -0.141. The Morgan fingerprint density at radius 1 is 1.24 bits per heavy atom. The standard InChI is InChI=1S/C19H26ClN3O2/c1-21-9-5-14-6-10-22(11-7-14)18(24)17-8-12-23(19(17)25)16-4-2-3-15(20)13-16/h2-4,13-14,17,21H,5-12H2,1H3. The van der Waals surface area contributed by atoms with Crippen LogP contribution in [-0.4, -0.2) is 49.9 Å². The zero-order valence-electron chi connectivity index (χ0n) is 14.7. The van der Waals surface area contributed by atoms with Crippen molar-refractivity contribution in [2.24, 2.45) is 11.8 Å². The van der Waals surface area contributed by atoms with Gasteiger partial charge in [0.05, 0.1) is 0 Å². The van der Waals surface area contributed by atoms with Gasteiger partial charge in [0.2, 0.25) is 11.8 Å². The molecule has 1 unspecified atom stereocenters. The summed E-state index contributed by atoms with van der Waals surface area (Å²) in [6, 6.07) is 7.26. The third kappa shape index (κ3) is 4.15. The molecule has 0 aliphatic carbocycles. The normalized spacial score (nSPS) is 21.8. The molecule has 136 valence electrons. The number of anilines is 1. The minimum Gasteiger partial charge on any atom is -0.342 e. The molecule has 3 rings (SSSR count). The number of carbonyl (C=O) groups is 2. The molecule has 5 nitrogen and oxygen atoms in total. The number of carbonyl (C=O) groups excluding carboxylic acids is 2. The maximum Gasteiger partial charge on any atom is 0.239 e. The number of halogens is 1. The molecule has 0 spiro atoms. The maximum atomic E-state index is 12.8. The van der Waals surface area contributed by atoms with Gasteiger partial charge in [0, 0.05) is 30.3 Å². The SMILES string of the molecule is CNCCC1CCN(C(=O)C2CCN(c3cccc(Cl)c3)C2=O)CC1. The van der Waals surface area contributed by atoms with Crippen molar-refractivity contribution in [3.05, 3.63) is 29.3 Å². The molecule has 1 N–H and O–H groups in total. The molecule has 1 aromatic carbocycles. The second-order valence-electron chi connectivity index (χ2n) is 6.97. The summed E-state index contributed by atoms with van der Waals surface area (Å²) in [7, 11) is 1.97. The summed E-state index contributed by atoms with van der Waals surface area (Å²) in [6.07, 6.45) is 3.81. The lowest BCUT2D eigenvalue weighted by Gasteiger charge is -2.33. The molecule has 6 heteroatoms. The van der Waals surface area contributed by atoms with Gasteiger partial charge in [0.25, 0.3) is 0 Å². The van der Waals surface area contributed by atoms with Crippen LogP contribution in [0, 0.1) is 11.8 Å². The van der Waals surface area contributed by atoms with Crippen LogP contribution in [0.5, 0.6) is 0 Å². The van der Waals surface area contributed by atoms with E-state index in [9.17, 15) is 9.59 Å². The molecule has 0 aromatic heterocycles. The average molecular weight is 364 g/mol. The van der Waals surface area contributed by atoms with Crippen molar-refractivity contribution in [1.82, 2.24) is 10.2 Å². The Morgan fingerprint density at radius 3 is 2.68 bits per heavy atom. The molecule has 2 amide bonds. The van der Waals surface area contributed by atoms with Crippen LogP contribution in [0.2, 0.25) is 5.02 Å². The van der Waals surface area contributed by atoms with Gasteiger partial charge in [0.15, 0.2) is 0 Å². The summed E-state index contributed by atoms with van der Waals surface area (Å²) in [5.41, 5.74) is 0.776. The highest BCUT2D eigenvalue weighted by Gasteiger charge is 2.40. The average Bonchev–Trinajstić information content (AvgIpc) is 3.01. The third-order valence-electron chi connectivity index (χ3n) is 5.35. The quantitative estimate of drug-likeness (QED) is 0.818. The van der Waals surface area contributed by atoms with Crippen LogP contribution in [0.3, 0.4) is 0 Å². The zero-order valence-corrected chi connectivity index (χ0v) is 15.5. The Hall–Kier alpha value is -1.59. The Morgan fingerprint density at radius 2 is 2.00 bits per heavy atom. The van der Waals surface area contributed by atoms with Gasteiger partial charge in [-0.15, -0.1) is 0 Å². The first-order chi connectivity index (χ1) is 12.1. The number of benzene rings is 1. The van der Waals surface area contributed by atoms with Crippen LogP contribution < -0.4 is 10.2 Å². The Kier molecular flexibility index (Phi) is 5.97. The molecular weight excluding hydrogens is 338 g/mol. The fraction of sp³-hybridized carbons (Fsp3) is 0.579. The molecule has 2 saturated heterocycles. The van der Waals surface area contributed by atoms with Crippen LogP contribution in [-0.2, 0) is 9.59 Å². The van der Waals surface area contributed by atoms with E-state index >= 15 is 0 Å². The predicted octanol–water partition coefficient (Wildman–Crippen LogP) is 2.54. The molecule has 1 atom stereocenters. The van der Waals surface area contributed by atoms with Crippen molar-refractivity contribution < 1.29 is 9.59 Å². The first-order valence-corrected chi connectivity index (χ1v) is 9.48. The molecule has 0 radical (unpaired) electrons. The first kappa shape index (κ1) is 18.2. The van der Waals surface area contributed by atoms with Crippen LogP contribution in [0.4, 0.5) is 5.69 Å². The number of hydrogen-bond acceptors (Lipinski definition) is 3. The van der Waals surface area contributed by atoms with Gasteiger partial charge in [-0.25, -0.2) is 0 Å². The molecule has 0 bridgehead atoms. The fourth-order valence-electron chi connectivity index (χ4n) is 3.82. The minimum atomic E-state index is -0.534. The van der Waals surface area contributed by atoms with Gasteiger partial charge in [-0.3, -0.25) is 9.59 Å². The van der Waals surface area contributed by atoms with Crippen molar-refractivity contribution >= 4 is 29.1 Å². The second kappa shape index (κ2) is 8.19. The van der Waals surface area contributed by atoms with Gasteiger partial charge >= 0.3 is 0 Å². The minimum absolute atomic E-state index is 0.00148. The molecule has 0 saturated carbocycles. The van der Waals surface area contributed by atoms with Gasteiger partial charge in [-0.1, -0.05) is 17.7 Å². The summed E-state index contributed by atoms with van der Waals surface area (Å²) in [5, 5.41) is 3.78. The van der Waals surface area contributed by atoms with Crippen LogP contribution in [0.25, 0.3) is 0 Å². The van der Waals surface area contributed by atoms with Crippen molar-refractivity contribution in [2.75, 3.05) is 38.1 Å². The van der Waals surface area contributed by atoms with Gasteiger partial charge in [0.1, 0.15) is 5.92 Å². The van der Waals surface area contributed by atoms with E-state index in [2.05, 4.69) is 5.32 Å². The van der Waals surface area contributed by atoms with E-state index in [-0.39, 0.29) is 11.8 Å². The summed E-state index contributed by atoms with van der Waals surface area (Å²) < 4.78 is 0. The summed E-state index contributed by atoms with van der Waals surface area (Å²) in [6.45, 7) is 3.14. The lowest BCUT2D eigenvalue weighted by Crippen LogP contribution is -2.44. The molecule has 2 fully saturated rings. The van der Waals surface area contributed by atoms with Crippen LogP contribution in [0.1, 0.15) is 25.7 Å². The number of nitrogens with one attached hydrogen (secondary N) is 1. The fourth-order valence-corrected chi connectivity index (χ4v) is 4.00. The topological polar surface area (TPSA) is 52.7 Å². The first-order valence-electron chi connectivity index (χ1n) is 9.10. The molecule has 25 heavy (non-hydrogen) atoms. The van der Waals surface area contributed by atoms with Crippen molar-refractivity contribution in [3.8, 4) is 0 Å². The third-order valence-corrected chi connectivity index (χ3v) is 5.59. The highest BCUT2D eigenvalue weighted by Crippen LogP contribution is 2.29. The predicted molar refractivity (Wildman–Crippen MR) is 99.8 cm³/mol. The van der Waals surface area contributed by atoms with Crippen LogP contribution >= 0.6 is 11.6 Å². The van der Waals surface area contributed by atoms with Crippen molar-refractivity contribution in [2.45, 2.75) is 25.7 Å². The van der Waals surface area contributed by atoms with Crippen LogP contribution in [0.15, 0.2) is 24.3 Å². The van der Waals surface area contributed by atoms with E-state index < -0.39 is 5.92 Å². The van der Waals surface area contributed by atoms with E-state index in [1.54, 1.807) is 17.0 Å². The Labute approximate surface area is 154 Å². The van der Waals surface area contributed by atoms with E-state index in [1.807, 2.05) is 24.1 Å². The summed E-state index contributed by atoms with van der Waals surface area (Å²) in [5.74, 6) is 0.0535. The number of amides is 2. The number of rotatable bonds is 5. The molecular formula is C19H26ClN3O2. The Bertz CT molecular complexity index is 629.